The first-order chi connectivity index (χ1) is 39.8. The summed E-state index contributed by atoms with van der Waals surface area (Å²) in [6, 6.07) is 0. The summed E-state index contributed by atoms with van der Waals surface area (Å²) in [6.07, 6.45) is -33.1. The second kappa shape index (κ2) is 26.2. The third-order valence-corrected chi connectivity index (χ3v) is 21.8. The monoisotopic (exact) mass is 1210 g/mol. The van der Waals surface area contributed by atoms with Crippen LogP contribution in [0.25, 0.3) is 0 Å². The molecule has 10 fully saturated rings. The molecule has 0 aromatic heterocycles. The van der Waals surface area contributed by atoms with Crippen LogP contribution >= 0.6 is 0 Å². The van der Waals surface area contributed by atoms with Crippen LogP contribution in [-0.4, -0.2) is 292 Å². The zero-order valence-electron chi connectivity index (χ0n) is 48.0. The summed E-state index contributed by atoms with van der Waals surface area (Å²) in [6.45, 7) is 5.31. The first-order valence-corrected chi connectivity index (χ1v) is 30.3. The van der Waals surface area contributed by atoms with Crippen molar-refractivity contribution in [2.45, 2.75) is 257 Å². The Labute approximate surface area is 487 Å². The predicted octanol–water partition coefficient (Wildman–Crippen LogP) is -5.49. The van der Waals surface area contributed by atoms with Gasteiger partial charge in [0.25, 0.3) is 0 Å². The van der Waals surface area contributed by atoms with Gasteiger partial charge in [0, 0.05) is 12.3 Å². The third kappa shape index (κ3) is 12.1. The van der Waals surface area contributed by atoms with E-state index < -0.39 is 192 Å². The average Bonchev–Trinajstić information content (AvgIpc) is 2.08. The molecule has 28 heteroatoms. The summed E-state index contributed by atoms with van der Waals surface area (Å²) >= 11 is 0. The molecule has 0 bridgehead atoms. The van der Waals surface area contributed by atoms with Gasteiger partial charge in [0.05, 0.1) is 51.8 Å². The van der Waals surface area contributed by atoms with Gasteiger partial charge < -0.3 is 139 Å². The van der Waals surface area contributed by atoms with Gasteiger partial charge in [-0.3, -0.25) is 0 Å². The summed E-state index contributed by atoms with van der Waals surface area (Å²) in [5, 5.41) is 182. The molecule has 36 atom stereocenters. The molecular formula is C56H94O28. The van der Waals surface area contributed by atoms with E-state index in [9.17, 15) is 86.8 Å². The fourth-order valence-electron chi connectivity index (χ4n) is 16.8. The quantitative estimate of drug-likeness (QED) is 0.0569. The van der Waals surface area contributed by atoms with E-state index >= 15 is 0 Å². The standard InChI is InChI=1S/C56H94O28/c1-21(19-74-49-43(70)39(66)36(63)30(15-57)77-49)7-12-56(73)22(2)34-29(84-56)14-27-25-6-5-23-13-24(8-10-54(23,3)26(25)9-11-55(27,34)4)76-51-45(72)41(68)46(33(18-60)80-51)81-53-48(83-52-44(71)40(67)37(64)31(16-58)78-52)47(38(65)32(17-59)79-53)82-50-42(69)35(62)28(61)20-75-50/h21-53,57-73H,5-20H2,1-4H3/t21-,22+,23+,24+,25-,26+,27+,28-,29+,30-,31-,32-,33-,34+,35+,36-,37-,38-,39+,40+,41-,42-,43-,44-,45-,46+,47+,48-,49-,50+,51-,52+,53+,54+,55+,56-/m1/s1. The molecule has 0 amide bonds. The van der Waals surface area contributed by atoms with Gasteiger partial charge in [0.2, 0.25) is 0 Å². The smallest absolute Gasteiger partial charge is 0.187 e. The zero-order chi connectivity index (χ0) is 60.6. The second-order valence-electron chi connectivity index (χ2n) is 26.6. The van der Waals surface area contributed by atoms with Crippen LogP contribution in [0.3, 0.4) is 0 Å². The molecule has 28 nitrogen and oxygen atoms in total. The molecule has 4 aliphatic carbocycles. The Kier molecular flexibility index (Phi) is 20.6. The highest BCUT2D eigenvalue weighted by molar-refractivity contribution is 5.15. The van der Waals surface area contributed by atoms with Crippen molar-refractivity contribution in [3.8, 4) is 0 Å². The van der Waals surface area contributed by atoms with Crippen molar-refractivity contribution in [1.29, 1.82) is 0 Å². The van der Waals surface area contributed by atoms with Crippen molar-refractivity contribution in [3.05, 3.63) is 0 Å². The minimum Gasteiger partial charge on any atom is -0.394 e. The molecule has 486 valence electrons. The van der Waals surface area contributed by atoms with Crippen molar-refractivity contribution in [2.24, 2.45) is 52.3 Å². The van der Waals surface area contributed by atoms with E-state index in [1.54, 1.807) is 0 Å². The Bertz CT molecular complexity index is 2140. The van der Waals surface area contributed by atoms with Crippen molar-refractivity contribution in [1.82, 2.24) is 0 Å². The van der Waals surface area contributed by atoms with Gasteiger partial charge in [0.15, 0.2) is 37.2 Å². The van der Waals surface area contributed by atoms with Gasteiger partial charge in [-0.05, 0) is 104 Å². The van der Waals surface area contributed by atoms with Crippen molar-refractivity contribution >= 4 is 0 Å². The second-order valence-corrected chi connectivity index (χ2v) is 26.6. The Morgan fingerprint density at radius 1 is 0.512 bits per heavy atom. The highest BCUT2D eigenvalue weighted by atomic mass is 16.8. The fraction of sp³-hybridized carbons (Fsp3) is 1.00. The average molecular weight is 1220 g/mol. The van der Waals surface area contributed by atoms with Crippen LogP contribution < -0.4 is 0 Å². The maximum atomic E-state index is 12.1. The maximum absolute atomic E-state index is 12.1. The van der Waals surface area contributed by atoms with E-state index in [1.165, 1.54) is 0 Å². The SMILES string of the molecule is C[C@H](CC[C@@]1(O)O[C@H]2C[C@H]3[C@@H]4CC[C@H]5C[C@@H](O[C@@H]6O[C@H](CO)[C@H](O[C@@H]7O[C@H](CO)[C@@H](O)[C@H](O[C@@H]8OC[C@@H](O)[C@H](O)[C@H]8O)[C@H]7O[C@@H]7O[C@H](CO)[C@@H](O)[C@H](O)[C@H]7O)[C@H](O)[C@H]6O)CC[C@]5(C)[C@H]4CC[C@]3(C)[C@H]2[C@@H]1C)CO[C@@H]1O[C@H](CO)[C@@H](O)[C@H](O)[C@H]1O. The molecular weight excluding hydrogens is 1120 g/mol. The minimum absolute atomic E-state index is 0.0288. The minimum atomic E-state index is -2.02. The molecule has 10 rings (SSSR count). The largest absolute Gasteiger partial charge is 0.394 e. The van der Waals surface area contributed by atoms with Gasteiger partial charge in [-0.1, -0.05) is 27.7 Å². The van der Waals surface area contributed by atoms with E-state index in [-0.39, 0.29) is 47.2 Å². The molecule has 0 unspecified atom stereocenters. The van der Waals surface area contributed by atoms with Gasteiger partial charge in [-0.2, -0.15) is 0 Å². The Morgan fingerprint density at radius 3 is 1.73 bits per heavy atom. The van der Waals surface area contributed by atoms with Gasteiger partial charge in [-0.25, -0.2) is 0 Å². The topological polar surface area (TPSA) is 445 Å². The number of ether oxygens (including phenoxy) is 11. The first kappa shape index (κ1) is 65.8. The van der Waals surface area contributed by atoms with E-state index in [4.69, 9.17) is 52.1 Å². The summed E-state index contributed by atoms with van der Waals surface area (Å²) in [7, 11) is 0. The van der Waals surface area contributed by atoms with Crippen LogP contribution in [-0.2, 0) is 52.1 Å². The van der Waals surface area contributed by atoms with Gasteiger partial charge in [0.1, 0.15) is 116 Å². The lowest BCUT2D eigenvalue weighted by Gasteiger charge is -2.61. The third-order valence-electron chi connectivity index (χ3n) is 21.8. The highest BCUT2D eigenvalue weighted by Gasteiger charge is 2.69. The lowest BCUT2D eigenvalue weighted by molar-refractivity contribution is -0.404. The lowest BCUT2D eigenvalue weighted by Crippen LogP contribution is -2.68. The molecule has 17 N–H and O–H groups in total. The summed E-state index contributed by atoms with van der Waals surface area (Å²) in [5.41, 5.74) is -0.0852. The number of hydrogen-bond acceptors (Lipinski definition) is 28. The van der Waals surface area contributed by atoms with Crippen LogP contribution in [0.15, 0.2) is 0 Å². The van der Waals surface area contributed by atoms with E-state index in [1.807, 2.05) is 6.92 Å². The summed E-state index contributed by atoms with van der Waals surface area (Å²) in [4.78, 5) is 0. The van der Waals surface area contributed by atoms with Crippen LogP contribution in [0.1, 0.15) is 91.9 Å². The Balaban J connectivity index is 0.759. The molecule has 0 spiro atoms. The molecule has 6 heterocycles. The summed E-state index contributed by atoms with van der Waals surface area (Å²) in [5.74, 6) is 0.0903. The molecule has 0 radical (unpaired) electrons. The van der Waals surface area contributed by atoms with Crippen molar-refractivity contribution in [3.63, 3.8) is 0 Å². The molecule has 84 heavy (non-hydrogen) atoms. The molecule has 4 saturated carbocycles. The van der Waals surface area contributed by atoms with Gasteiger partial charge in [-0.15, -0.1) is 0 Å². The van der Waals surface area contributed by atoms with Crippen LogP contribution in [0.4, 0.5) is 0 Å². The summed E-state index contributed by atoms with van der Waals surface area (Å²) < 4.78 is 65.9. The lowest BCUT2D eigenvalue weighted by atomic mass is 9.44. The number of fused-ring (bicyclic) bond motifs is 7. The van der Waals surface area contributed by atoms with E-state index in [0.717, 1.165) is 38.5 Å². The first-order valence-electron chi connectivity index (χ1n) is 30.3. The Hall–Kier alpha value is -1.12. The molecule has 6 aliphatic heterocycles. The number of hydrogen-bond donors (Lipinski definition) is 17. The number of aliphatic hydroxyl groups is 17. The van der Waals surface area contributed by atoms with Gasteiger partial charge >= 0.3 is 0 Å². The highest BCUT2D eigenvalue weighted by Crippen LogP contribution is 2.71. The fourth-order valence-corrected chi connectivity index (χ4v) is 16.8. The van der Waals surface area contributed by atoms with Crippen molar-refractivity contribution < 1.29 is 139 Å². The number of aliphatic hydroxyl groups excluding tert-OH is 16. The molecule has 10 aliphatic rings. The van der Waals surface area contributed by atoms with Crippen LogP contribution in [0.2, 0.25) is 0 Å². The van der Waals surface area contributed by atoms with Crippen LogP contribution in [0, 0.1) is 52.3 Å². The van der Waals surface area contributed by atoms with Crippen LogP contribution in [0.5, 0.6) is 0 Å². The Morgan fingerprint density at radius 2 is 1.06 bits per heavy atom. The maximum Gasteiger partial charge on any atom is 0.187 e. The normalized spacial score (nSPS) is 55.4. The van der Waals surface area contributed by atoms with Crippen molar-refractivity contribution in [2.75, 3.05) is 39.6 Å². The van der Waals surface area contributed by atoms with E-state index in [0.29, 0.717) is 43.4 Å². The molecule has 6 saturated heterocycles. The molecule has 0 aromatic rings. The van der Waals surface area contributed by atoms with E-state index in [2.05, 4.69) is 20.8 Å². The number of rotatable bonds is 18. The zero-order valence-corrected chi connectivity index (χ0v) is 48.0. The predicted molar refractivity (Wildman–Crippen MR) is 278 cm³/mol. The molecule has 0 aromatic carbocycles.